The molecule has 0 aromatic carbocycles. The van der Waals surface area contributed by atoms with Crippen LogP contribution < -0.4 is 10.6 Å². The Hall–Kier alpha value is -0.580. The van der Waals surface area contributed by atoms with E-state index >= 15 is 0 Å². The van der Waals surface area contributed by atoms with Gasteiger partial charge in [0.1, 0.15) is 0 Å². The Kier molecular flexibility index (Phi) is 4.07. The van der Waals surface area contributed by atoms with E-state index in [1.165, 1.54) is 0 Å². The maximum absolute atomic E-state index is 12.5. The molecule has 1 aliphatic carbocycles. The topological polar surface area (TPSA) is 41.1 Å². The van der Waals surface area contributed by atoms with Gasteiger partial charge >= 0.3 is 0 Å². The summed E-state index contributed by atoms with van der Waals surface area (Å²) < 4.78 is 0.786. The van der Waals surface area contributed by atoms with Crippen LogP contribution in [0.1, 0.15) is 43.5 Å². The second-order valence-electron chi connectivity index (χ2n) is 5.98. The number of hydrogen-bond acceptors (Lipinski definition) is 3. The lowest BCUT2D eigenvalue weighted by Crippen LogP contribution is -2.34. The average Bonchev–Trinajstić information content (AvgIpc) is 2.96. The van der Waals surface area contributed by atoms with Gasteiger partial charge in [-0.05, 0) is 56.3 Å². The maximum atomic E-state index is 12.5. The van der Waals surface area contributed by atoms with Crippen molar-refractivity contribution in [1.29, 1.82) is 0 Å². The van der Waals surface area contributed by atoms with Gasteiger partial charge < -0.3 is 10.6 Å². The van der Waals surface area contributed by atoms with E-state index in [4.69, 9.17) is 11.6 Å². The summed E-state index contributed by atoms with van der Waals surface area (Å²) in [6, 6.07) is 4.04. The van der Waals surface area contributed by atoms with E-state index in [1.54, 1.807) is 11.3 Å². The third kappa shape index (κ3) is 2.74. The second-order valence-corrected chi connectivity index (χ2v) is 7.73. The highest BCUT2D eigenvalue weighted by molar-refractivity contribution is 7.16. The first-order valence-corrected chi connectivity index (χ1v) is 8.60. The van der Waals surface area contributed by atoms with E-state index in [-0.39, 0.29) is 17.9 Å². The van der Waals surface area contributed by atoms with Crippen LogP contribution in [-0.4, -0.2) is 19.0 Å². The number of thiophene rings is 1. The fraction of sp³-hybridized carbons (Fsp3) is 0.667. The zero-order valence-corrected chi connectivity index (χ0v) is 13.3. The Bertz CT molecular complexity index is 496. The van der Waals surface area contributed by atoms with Crippen LogP contribution in [0.5, 0.6) is 0 Å². The van der Waals surface area contributed by atoms with Crippen molar-refractivity contribution in [3.8, 4) is 0 Å². The number of nitrogens with one attached hydrogen (secondary N) is 2. The molecule has 1 aromatic heterocycles. The molecule has 2 aliphatic rings. The number of rotatable bonds is 4. The van der Waals surface area contributed by atoms with E-state index in [0.29, 0.717) is 5.41 Å². The van der Waals surface area contributed by atoms with Crippen LogP contribution in [0.15, 0.2) is 12.1 Å². The highest BCUT2D eigenvalue weighted by Gasteiger charge is 2.57. The van der Waals surface area contributed by atoms with E-state index < -0.39 is 0 Å². The van der Waals surface area contributed by atoms with Gasteiger partial charge in [0.05, 0.1) is 10.4 Å². The highest BCUT2D eigenvalue weighted by atomic mass is 35.5. The van der Waals surface area contributed by atoms with Gasteiger partial charge in [-0.1, -0.05) is 18.5 Å². The minimum absolute atomic E-state index is 0.111. The summed E-state index contributed by atoms with van der Waals surface area (Å²) in [6.45, 7) is 4.22. The molecule has 1 saturated heterocycles. The fourth-order valence-electron chi connectivity index (χ4n) is 3.36. The zero-order chi connectivity index (χ0) is 14.2. The third-order valence-corrected chi connectivity index (χ3v) is 6.11. The van der Waals surface area contributed by atoms with Gasteiger partial charge in [-0.2, -0.15) is 0 Å². The van der Waals surface area contributed by atoms with E-state index in [0.717, 1.165) is 48.0 Å². The van der Waals surface area contributed by atoms with Gasteiger partial charge in [0.25, 0.3) is 0 Å². The Morgan fingerprint density at radius 2 is 2.30 bits per heavy atom. The summed E-state index contributed by atoms with van der Waals surface area (Å²) in [5.74, 6) is 0.470. The lowest BCUT2D eigenvalue weighted by Gasteiger charge is -2.24. The molecule has 3 nitrogen and oxygen atoms in total. The number of carbonyl (C=O) groups is 1. The molecule has 1 aliphatic heterocycles. The SMILES string of the molecule is CCC(NC(=O)C1CC12CCNCC2)c1ccc(Cl)s1. The predicted molar refractivity (Wildman–Crippen MR) is 83.1 cm³/mol. The molecule has 2 fully saturated rings. The molecule has 2 atom stereocenters. The normalized spacial score (nSPS) is 25.4. The van der Waals surface area contributed by atoms with Gasteiger partial charge in [0, 0.05) is 10.8 Å². The first-order chi connectivity index (χ1) is 9.64. The van der Waals surface area contributed by atoms with Crippen molar-refractivity contribution in [3.05, 3.63) is 21.3 Å². The molecule has 2 unspecified atom stereocenters. The predicted octanol–water partition coefficient (Wildman–Crippen LogP) is 3.36. The first-order valence-electron chi connectivity index (χ1n) is 7.41. The van der Waals surface area contributed by atoms with E-state index in [2.05, 4.69) is 17.6 Å². The van der Waals surface area contributed by atoms with Gasteiger partial charge in [0.15, 0.2) is 0 Å². The molecular formula is C15H21ClN2OS. The van der Waals surface area contributed by atoms with Crippen LogP contribution in [-0.2, 0) is 4.79 Å². The highest BCUT2D eigenvalue weighted by Crippen LogP contribution is 2.58. The summed E-state index contributed by atoms with van der Waals surface area (Å²) in [6.07, 6.45) is 4.27. The lowest BCUT2D eigenvalue weighted by atomic mass is 9.91. The molecule has 1 saturated carbocycles. The van der Waals surface area contributed by atoms with Gasteiger partial charge in [0.2, 0.25) is 5.91 Å². The number of amides is 1. The molecule has 0 bridgehead atoms. The van der Waals surface area contributed by atoms with Crippen LogP contribution in [0.25, 0.3) is 0 Å². The summed E-state index contributed by atoms with van der Waals surface area (Å²) in [5.41, 5.74) is 0.306. The molecule has 1 amide bonds. The molecule has 3 rings (SSSR count). The van der Waals surface area contributed by atoms with Gasteiger partial charge in [-0.3, -0.25) is 4.79 Å². The Morgan fingerprint density at radius 3 is 2.90 bits per heavy atom. The number of halogens is 1. The summed E-state index contributed by atoms with van der Waals surface area (Å²) in [7, 11) is 0. The molecule has 110 valence electrons. The summed E-state index contributed by atoms with van der Waals surface area (Å²) >= 11 is 7.55. The molecule has 0 radical (unpaired) electrons. The molecule has 20 heavy (non-hydrogen) atoms. The minimum Gasteiger partial charge on any atom is -0.348 e. The zero-order valence-electron chi connectivity index (χ0n) is 11.7. The fourth-order valence-corrected chi connectivity index (χ4v) is 4.55. The van der Waals surface area contributed by atoms with Crippen LogP contribution in [0.3, 0.4) is 0 Å². The number of carbonyl (C=O) groups excluding carboxylic acids is 1. The van der Waals surface area contributed by atoms with Crippen molar-refractivity contribution in [1.82, 2.24) is 10.6 Å². The van der Waals surface area contributed by atoms with Gasteiger partial charge in [-0.25, -0.2) is 0 Å². The first kappa shape index (κ1) is 14.4. The van der Waals surface area contributed by atoms with Crippen LogP contribution >= 0.6 is 22.9 Å². The largest absolute Gasteiger partial charge is 0.348 e. The van der Waals surface area contributed by atoms with E-state index in [9.17, 15) is 4.79 Å². The molecule has 5 heteroatoms. The molecule has 1 spiro atoms. The van der Waals surface area contributed by atoms with Crippen LogP contribution in [0.4, 0.5) is 0 Å². The third-order valence-electron chi connectivity index (χ3n) is 4.77. The molecule has 2 heterocycles. The lowest BCUT2D eigenvalue weighted by molar-refractivity contribution is -0.124. The van der Waals surface area contributed by atoms with Crippen molar-refractivity contribution in [2.45, 2.75) is 38.6 Å². The Morgan fingerprint density at radius 1 is 1.55 bits per heavy atom. The molecule has 2 N–H and O–H groups in total. The summed E-state index contributed by atoms with van der Waals surface area (Å²) in [4.78, 5) is 13.6. The minimum atomic E-state index is 0.111. The van der Waals surface area contributed by atoms with Gasteiger partial charge in [-0.15, -0.1) is 11.3 Å². The standard InChI is InChI=1S/C15H21ClN2OS/c1-2-11(12-3-4-13(16)20-12)18-14(19)10-9-15(10)5-7-17-8-6-15/h3-4,10-11,17H,2,5-9H2,1H3,(H,18,19). The van der Waals surface area contributed by atoms with Crippen molar-refractivity contribution in [2.75, 3.05) is 13.1 Å². The second kappa shape index (κ2) is 5.66. The quantitative estimate of drug-likeness (QED) is 0.895. The van der Waals surface area contributed by atoms with Crippen molar-refractivity contribution >= 4 is 28.8 Å². The van der Waals surface area contributed by atoms with Crippen molar-refractivity contribution < 1.29 is 4.79 Å². The maximum Gasteiger partial charge on any atom is 0.224 e. The number of piperidine rings is 1. The monoisotopic (exact) mass is 312 g/mol. The van der Waals surface area contributed by atoms with Crippen molar-refractivity contribution in [2.24, 2.45) is 11.3 Å². The molecule has 1 aromatic rings. The summed E-state index contributed by atoms with van der Waals surface area (Å²) in [5, 5.41) is 6.60. The average molecular weight is 313 g/mol. The van der Waals surface area contributed by atoms with Crippen molar-refractivity contribution in [3.63, 3.8) is 0 Å². The Balaban J connectivity index is 1.61. The Labute approximate surface area is 129 Å². The van der Waals surface area contributed by atoms with E-state index in [1.807, 2.05) is 12.1 Å². The molecular weight excluding hydrogens is 292 g/mol. The smallest absolute Gasteiger partial charge is 0.224 e. The van der Waals surface area contributed by atoms with Crippen LogP contribution in [0.2, 0.25) is 4.34 Å². The number of hydrogen-bond donors (Lipinski definition) is 2. The van der Waals surface area contributed by atoms with Crippen LogP contribution in [0, 0.1) is 11.3 Å².